The SMILES string of the molecule is C=C(C(=O)OCC)N(CCC)S(=O)(=O)C(F)(F)C(F)(F)C(F)(F)C(F)(F)C(F)(F)C(F)(F)C(F)(F)C(F)(F)F. The number of sulfonamides is 1. The Bertz CT molecular complexity index is 1040. The molecule has 232 valence electrons. The van der Waals surface area contributed by atoms with Gasteiger partial charge in [0.05, 0.1) is 6.61 Å². The summed E-state index contributed by atoms with van der Waals surface area (Å²) in [4.78, 5) is 11.6. The Morgan fingerprint density at radius 1 is 0.667 bits per heavy atom. The van der Waals surface area contributed by atoms with Crippen LogP contribution in [-0.2, 0) is 19.6 Å². The molecule has 0 rings (SSSR count). The first kappa shape index (κ1) is 36.8. The molecule has 0 spiro atoms. The van der Waals surface area contributed by atoms with Gasteiger partial charge in [-0.25, -0.2) is 4.79 Å². The standard InChI is InChI=1S/C16H14F17NO4S/c1-4-6-34(7(3)8(35)38-5-2)39(36,37)16(32,33)14(27,28)12(23,24)10(19,20)9(17,18)11(21,22)13(25,26)15(29,30)31/h3-6H2,1-2H3. The van der Waals surface area contributed by atoms with E-state index in [1.165, 1.54) is 0 Å². The van der Waals surface area contributed by atoms with Gasteiger partial charge < -0.3 is 4.74 Å². The first-order valence-corrected chi connectivity index (χ1v) is 10.9. The van der Waals surface area contributed by atoms with Crippen LogP contribution in [0.1, 0.15) is 20.3 Å². The third-order valence-corrected chi connectivity index (χ3v) is 6.43. The van der Waals surface area contributed by atoms with Crippen LogP contribution < -0.4 is 0 Å². The van der Waals surface area contributed by atoms with Crippen LogP contribution in [-0.4, -0.2) is 78.8 Å². The van der Waals surface area contributed by atoms with Crippen LogP contribution >= 0.6 is 0 Å². The molecular formula is C16H14F17NO4S. The highest BCUT2D eigenvalue weighted by molar-refractivity contribution is 7.90. The zero-order valence-electron chi connectivity index (χ0n) is 18.7. The third kappa shape index (κ3) is 5.06. The Morgan fingerprint density at radius 3 is 1.31 bits per heavy atom. The lowest BCUT2D eigenvalue weighted by Gasteiger charge is -2.43. The van der Waals surface area contributed by atoms with Crippen molar-refractivity contribution in [2.45, 2.75) is 67.2 Å². The zero-order chi connectivity index (χ0) is 32.1. The third-order valence-electron chi connectivity index (χ3n) is 4.55. The van der Waals surface area contributed by atoms with Crippen LogP contribution in [0.4, 0.5) is 74.6 Å². The van der Waals surface area contributed by atoms with E-state index < -0.39 is 92.5 Å². The molecule has 0 heterocycles. The zero-order valence-corrected chi connectivity index (χ0v) is 19.6. The molecule has 0 aliphatic heterocycles. The summed E-state index contributed by atoms with van der Waals surface area (Å²) in [5, 5.41) is -7.80. The van der Waals surface area contributed by atoms with Gasteiger partial charge in [0.2, 0.25) is 0 Å². The maximum atomic E-state index is 14.3. The number of carbonyl (C=O) groups excluding carboxylic acids is 1. The summed E-state index contributed by atoms with van der Waals surface area (Å²) < 4.78 is 255. The fourth-order valence-corrected chi connectivity index (χ4v) is 3.89. The van der Waals surface area contributed by atoms with Crippen molar-refractivity contribution >= 4 is 16.0 Å². The number of hydrogen-bond acceptors (Lipinski definition) is 4. The molecule has 0 atom stereocenters. The average Bonchev–Trinajstić information content (AvgIpc) is 2.75. The van der Waals surface area contributed by atoms with Gasteiger partial charge in [0, 0.05) is 6.54 Å². The van der Waals surface area contributed by atoms with Gasteiger partial charge in [-0.15, -0.1) is 0 Å². The lowest BCUT2D eigenvalue weighted by molar-refractivity contribution is -0.458. The average molecular weight is 639 g/mol. The van der Waals surface area contributed by atoms with Crippen molar-refractivity contribution in [1.29, 1.82) is 0 Å². The Labute approximate surface area is 206 Å². The molecule has 0 amide bonds. The molecule has 0 bridgehead atoms. The van der Waals surface area contributed by atoms with E-state index in [9.17, 15) is 87.8 Å². The van der Waals surface area contributed by atoms with Crippen molar-refractivity contribution in [2.75, 3.05) is 13.2 Å². The molecule has 23 heteroatoms. The van der Waals surface area contributed by atoms with Crippen LogP contribution in [0.15, 0.2) is 12.3 Å². The van der Waals surface area contributed by atoms with Crippen molar-refractivity contribution in [3.05, 3.63) is 12.3 Å². The number of alkyl halides is 17. The summed E-state index contributed by atoms with van der Waals surface area (Å²) in [6.07, 6.45) is -8.70. The van der Waals surface area contributed by atoms with E-state index in [1.807, 2.05) is 0 Å². The van der Waals surface area contributed by atoms with Gasteiger partial charge in [0.15, 0.2) is 0 Å². The van der Waals surface area contributed by atoms with Gasteiger partial charge in [-0.05, 0) is 13.3 Å². The molecule has 39 heavy (non-hydrogen) atoms. The van der Waals surface area contributed by atoms with Gasteiger partial charge in [-0.2, -0.15) is 83.1 Å². The van der Waals surface area contributed by atoms with E-state index in [-0.39, 0.29) is 0 Å². The van der Waals surface area contributed by atoms with E-state index >= 15 is 0 Å². The summed E-state index contributed by atoms with van der Waals surface area (Å²) in [6.45, 7) is 2.12. The predicted molar refractivity (Wildman–Crippen MR) is 92.4 cm³/mol. The van der Waals surface area contributed by atoms with Gasteiger partial charge in [-0.3, -0.25) is 4.31 Å². The van der Waals surface area contributed by atoms with E-state index in [2.05, 4.69) is 11.3 Å². The van der Waals surface area contributed by atoms with Crippen LogP contribution in [0, 0.1) is 0 Å². The first-order valence-electron chi connectivity index (χ1n) is 9.44. The summed E-state index contributed by atoms with van der Waals surface area (Å²) in [7, 11) is -7.68. The van der Waals surface area contributed by atoms with E-state index in [1.54, 1.807) is 0 Å². The van der Waals surface area contributed by atoms with E-state index in [4.69, 9.17) is 0 Å². The molecule has 0 saturated carbocycles. The van der Waals surface area contributed by atoms with Crippen LogP contribution in [0.2, 0.25) is 0 Å². The van der Waals surface area contributed by atoms with Crippen molar-refractivity contribution < 1.29 is 92.6 Å². The second-order valence-electron chi connectivity index (χ2n) is 7.21. The van der Waals surface area contributed by atoms with Crippen molar-refractivity contribution in [1.82, 2.24) is 4.31 Å². The highest BCUT2D eigenvalue weighted by atomic mass is 32.2. The van der Waals surface area contributed by atoms with Crippen molar-refractivity contribution in [2.24, 2.45) is 0 Å². The molecule has 0 aliphatic carbocycles. The monoisotopic (exact) mass is 639 g/mol. The molecule has 0 saturated heterocycles. The maximum Gasteiger partial charge on any atom is 0.460 e. The summed E-state index contributed by atoms with van der Waals surface area (Å²) in [5.41, 5.74) is -1.87. The Kier molecular flexibility index (Phi) is 9.72. The molecule has 0 N–H and O–H groups in total. The summed E-state index contributed by atoms with van der Waals surface area (Å²) in [5.74, 6) is -54.3. The summed E-state index contributed by atoms with van der Waals surface area (Å²) in [6, 6.07) is 0. The molecule has 0 aromatic carbocycles. The summed E-state index contributed by atoms with van der Waals surface area (Å²) >= 11 is 0. The highest BCUT2D eigenvalue weighted by Gasteiger charge is 2.96. The number of rotatable bonds is 13. The van der Waals surface area contributed by atoms with Gasteiger partial charge in [0.25, 0.3) is 0 Å². The number of ether oxygens (including phenoxy) is 1. The van der Waals surface area contributed by atoms with Gasteiger partial charge in [-0.1, -0.05) is 13.5 Å². The molecule has 0 unspecified atom stereocenters. The molecule has 0 aromatic rings. The maximum absolute atomic E-state index is 14.3. The molecule has 0 aliphatic rings. The van der Waals surface area contributed by atoms with Crippen LogP contribution in [0.5, 0.6) is 0 Å². The topological polar surface area (TPSA) is 63.7 Å². The minimum Gasteiger partial charge on any atom is -0.461 e. The van der Waals surface area contributed by atoms with E-state index in [0.717, 1.165) is 13.8 Å². The minimum atomic E-state index is -8.95. The number of halogens is 17. The Hall–Kier alpha value is -2.23. The second kappa shape index (κ2) is 10.3. The molecule has 5 nitrogen and oxygen atoms in total. The highest BCUT2D eigenvalue weighted by Crippen LogP contribution is 2.64. The van der Waals surface area contributed by atoms with Crippen molar-refractivity contribution in [3.63, 3.8) is 0 Å². The van der Waals surface area contributed by atoms with Crippen molar-refractivity contribution in [3.8, 4) is 0 Å². The fourth-order valence-electron chi connectivity index (χ4n) is 2.37. The fraction of sp³-hybridized carbons (Fsp3) is 0.812. The van der Waals surface area contributed by atoms with Gasteiger partial charge >= 0.3 is 63.0 Å². The largest absolute Gasteiger partial charge is 0.461 e. The number of esters is 1. The van der Waals surface area contributed by atoms with E-state index in [0.29, 0.717) is 0 Å². The lowest BCUT2D eigenvalue weighted by Crippen LogP contribution is -2.75. The predicted octanol–water partition coefficient (Wildman–Crippen LogP) is 6.07. The number of nitrogens with zero attached hydrogens (tertiary/aromatic N) is 1. The number of hydrogen-bond donors (Lipinski definition) is 0. The molecule has 0 fully saturated rings. The quantitative estimate of drug-likeness (QED) is 0.140. The molecule has 0 radical (unpaired) electrons. The van der Waals surface area contributed by atoms with Crippen LogP contribution in [0.3, 0.4) is 0 Å². The second-order valence-corrected chi connectivity index (χ2v) is 9.11. The number of carbonyl (C=O) groups is 1. The Morgan fingerprint density at radius 2 is 1.00 bits per heavy atom. The van der Waals surface area contributed by atoms with Gasteiger partial charge in [0.1, 0.15) is 5.70 Å². The van der Waals surface area contributed by atoms with Crippen LogP contribution in [0.25, 0.3) is 0 Å². The Balaban J connectivity index is 7.18. The molecule has 0 aromatic heterocycles. The molecular weight excluding hydrogens is 625 g/mol. The smallest absolute Gasteiger partial charge is 0.460 e. The lowest BCUT2D eigenvalue weighted by atomic mass is 9.91. The minimum absolute atomic E-state index is 0.694. The first-order chi connectivity index (χ1) is 16.8. The normalized spacial score (nSPS) is 15.3.